The normalized spacial score (nSPS) is 9.33. The Morgan fingerprint density at radius 2 is 1.71 bits per heavy atom. The maximum Gasteiger partial charge on any atom is 0.343 e. The lowest BCUT2D eigenvalue weighted by Gasteiger charge is -2.07. The molecule has 0 spiro atoms. The van der Waals surface area contributed by atoms with Crippen molar-refractivity contribution in [2.45, 2.75) is 19.8 Å². The smallest absolute Gasteiger partial charge is 0.343 e. The zero-order chi connectivity index (χ0) is 17.2. The van der Waals surface area contributed by atoms with E-state index in [2.05, 4.69) is 18.8 Å². The maximum atomic E-state index is 12.1. The second-order valence-corrected chi connectivity index (χ2v) is 5.00. The average Bonchev–Trinajstić information content (AvgIpc) is 2.62. The van der Waals surface area contributed by atoms with Gasteiger partial charge in [-0.3, -0.25) is 0 Å². The Morgan fingerprint density at radius 1 is 1.04 bits per heavy atom. The Bertz CT molecular complexity index is 775. The van der Waals surface area contributed by atoms with Crippen molar-refractivity contribution in [2.75, 3.05) is 6.61 Å². The molecule has 0 heterocycles. The van der Waals surface area contributed by atoms with Crippen LogP contribution in [0.2, 0.25) is 0 Å². The van der Waals surface area contributed by atoms with E-state index in [1.165, 1.54) is 0 Å². The van der Waals surface area contributed by atoms with Crippen LogP contribution < -0.4 is 9.47 Å². The molecule has 2 aromatic rings. The molecular weight excluding hydrogens is 302 g/mol. The van der Waals surface area contributed by atoms with E-state index in [9.17, 15) is 4.79 Å². The summed E-state index contributed by atoms with van der Waals surface area (Å²) in [5, 5.41) is 8.41. The van der Waals surface area contributed by atoms with Gasteiger partial charge in [0.15, 0.2) is 6.07 Å². The highest BCUT2D eigenvalue weighted by Gasteiger charge is 2.08. The van der Waals surface area contributed by atoms with Crippen LogP contribution in [0.1, 0.15) is 35.7 Å². The van der Waals surface area contributed by atoms with Crippen molar-refractivity contribution in [1.29, 1.82) is 5.26 Å². The highest BCUT2D eigenvalue weighted by atomic mass is 16.5. The molecule has 0 aromatic heterocycles. The molecule has 0 amide bonds. The summed E-state index contributed by atoms with van der Waals surface area (Å²) in [6.45, 7) is 2.77. The van der Waals surface area contributed by atoms with E-state index in [0.29, 0.717) is 23.5 Å². The molecule has 0 radical (unpaired) electrons. The summed E-state index contributed by atoms with van der Waals surface area (Å²) in [7, 11) is 0. The SMILES string of the molecule is CCCCOc1ccc(C(=O)Oc2ccc(C#CC#N)cc2)cc1. The van der Waals surface area contributed by atoms with Crippen molar-refractivity contribution >= 4 is 5.97 Å². The number of nitriles is 1. The van der Waals surface area contributed by atoms with Gasteiger partial charge in [0.05, 0.1) is 12.2 Å². The van der Waals surface area contributed by atoms with Gasteiger partial charge in [0.1, 0.15) is 11.5 Å². The third kappa shape index (κ3) is 5.19. The number of hydrogen-bond acceptors (Lipinski definition) is 4. The van der Waals surface area contributed by atoms with Crippen molar-refractivity contribution in [1.82, 2.24) is 0 Å². The number of rotatable bonds is 6. The van der Waals surface area contributed by atoms with E-state index in [4.69, 9.17) is 14.7 Å². The molecule has 0 aliphatic heterocycles. The first-order chi connectivity index (χ1) is 11.7. The molecule has 0 N–H and O–H groups in total. The number of hydrogen-bond donors (Lipinski definition) is 0. The molecule has 0 unspecified atom stereocenters. The van der Waals surface area contributed by atoms with E-state index in [0.717, 1.165) is 18.6 Å². The molecule has 0 aliphatic rings. The van der Waals surface area contributed by atoms with Gasteiger partial charge in [-0.05, 0) is 55.0 Å². The van der Waals surface area contributed by atoms with E-state index < -0.39 is 5.97 Å². The second kappa shape index (κ2) is 9.02. The molecule has 0 saturated carbocycles. The van der Waals surface area contributed by atoms with Crippen LogP contribution >= 0.6 is 0 Å². The highest BCUT2D eigenvalue weighted by Crippen LogP contribution is 2.16. The van der Waals surface area contributed by atoms with Gasteiger partial charge in [0, 0.05) is 11.5 Å². The fourth-order valence-corrected chi connectivity index (χ4v) is 1.89. The third-order valence-corrected chi connectivity index (χ3v) is 3.18. The van der Waals surface area contributed by atoms with Crippen molar-refractivity contribution in [3.8, 4) is 29.4 Å². The number of carbonyl (C=O) groups excluding carboxylic acids is 1. The predicted molar refractivity (Wildman–Crippen MR) is 90.7 cm³/mol. The summed E-state index contributed by atoms with van der Waals surface area (Å²) in [5.41, 5.74) is 1.14. The van der Waals surface area contributed by atoms with Crippen LogP contribution in [0.4, 0.5) is 0 Å². The number of benzene rings is 2. The van der Waals surface area contributed by atoms with Crippen molar-refractivity contribution in [2.24, 2.45) is 0 Å². The predicted octanol–water partition coefficient (Wildman–Crippen LogP) is 3.96. The number of nitrogens with zero attached hydrogens (tertiary/aromatic N) is 1. The maximum absolute atomic E-state index is 12.1. The average molecular weight is 319 g/mol. The fraction of sp³-hybridized carbons (Fsp3) is 0.200. The van der Waals surface area contributed by atoms with Crippen molar-refractivity contribution in [3.05, 3.63) is 59.7 Å². The van der Waals surface area contributed by atoms with Gasteiger partial charge in [-0.2, -0.15) is 5.26 Å². The quantitative estimate of drug-likeness (QED) is 0.350. The van der Waals surface area contributed by atoms with Crippen LogP contribution in [0.3, 0.4) is 0 Å². The van der Waals surface area contributed by atoms with Crippen LogP contribution in [-0.2, 0) is 0 Å². The molecular formula is C20H17NO3. The molecule has 24 heavy (non-hydrogen) atoms. The van der Waals surface area contributed by atoms with Crippen LogP contribution in [0.5, 0.6) is 11.5 Å². The fourth-order valence-electron chi connectivity index (χ4n) is 1.89. The summed E-state index contributed by atoms with van der Waals surface area (Å²) in [6, 6.07) is 15.3. The number of unbranched alkanes of at least 4 members (excludes halogenated alkanes) is 1. The standard InChI is InChI=1S/C20H17NO3/c1-2-3-15-23-18-12-8-17(9-13-18)20(22)24-19-10-6-16(7-11-19)5-4-14-21/h6-13H,2-3,15H2,1H3. The lowest BCUT2D eigenvalue weighted by molar-refractivity contribution is 0.0734. The van der Waals surface area contributed by atoms with E-state index >= 15 is 0 Å². The number of ether oxygens (including phenoxy) is 2. The summed E-state index contributed by atoms with van der Waals surface area (Å²) < 4.78 is 10.9. The number of carbonyl (C=O) groups is 1. The van der Waals surface area contributed by atoms with Crippen molar-refractivity contribution < 1.29 is 14.3 Å². The molecule has 0 atom stereocenters. The lowest BCUT2D eigenvalue weighted by Crippen LogP contribution is -2.08. The lowest BCUT2D eigenvalue weighted by atomic mass is 10.2. The van der Waals surface area contributed by atoms with Gasteiger partial charge in [-0.25, -0.2) is 4.79 Å². The van der Waals surface area contributed by atoms with E-state index in [1.807, 2.05) is 0 Å². The molecule has 0 bridgehead atoms. The first-order valence-electron chi connectivity index (χ1n) is 7.68. The molecule has 0 saturated heterocycles. The van der Waals surface area contributed by atoms with Gasteiger partial charge < -0.3 is 9.47 Å². The largest absolute Gasteiger partial charge is 0.494 e. The zero-order valence-electron chi connectivity index (χ0n) is 13.4. The molecule has 120 valence electrons. The van der Waals surface area contributed by atoms with E-state index in [1.54, 1.807) is 54.6 Å². The third-order valence-electron chi connectivity index (χ3n) is 3.18. The Balaban J connectivity index is 1.95. The Labute approximate surface area is 141 Å². The highest BCUT2D eigenvalue weighted by molar-refractivity contribution is 5.91. The second-order valence-electron chi connectivity index (χ2n) is 5.00. The summed E-state index contributed by atoms with van der Waals surface area (Å²) in [6.07, 6.45) is 2.07. The Hall–Kier alpha value is -3.24. The van der Waals surface area contributed by atoms with Gasteiger partial charge >= 0.3 is 5.97 Å². The Morgan fingerprint density at radius 3 is 2.33 bits per heavy atom. The van der Waals surface area contributed by atoms with E-state index in [-0.39, 0.29) is 0 Å². The van der Waals surface area contributed by atoms with Crippen LogP contribution in [0, 0.1) is 23.2 Å². The van der Waals surface area contributed by atoms with Crippen LogP contribution in [0.15, 0.2) is 48.5 Å². The molecule has 4 nitrogen and oxygen atoms in total. The minimum Gasteiger partial charge on any atom is -0.494 e. The first kappa shape index (κ1) is 17.1. The first-order valence-corrected chi connectivity index (χ1v) is 7.68. The van der Waals surface area contributed by atoms with Crippen LogP contribution in [-0.4, -0.2) is 12.6 Å². The molecule has 2 rings (SSSR count). The summed E-state index contributed by atoms with van der Waals surface area (Å²) >= 11 is 0. The molecule has 4 heteroatoms. The minimum atomic E-state index is -0.439. The molecule has 0 fully saturated rings. The monoisotopic (exact) mass is 319 g/mol. The molecule has 0 aliphatic carbocycles. The summed E-state index contributed by atoms with van der Waals surface area (Å²) in [5.74, 6) is 5.70. The minimum absolute atomic E-state index is 0.422. The van der Waals surface area contributed by atoms with Crippen molar-refractivity contribution in [3.63, 3.8) is 0 Å². The number of esters is 1. The Kier molecular flexibility index (Phi) is 6.44. The van der Waals surface area contributed by atoms with Gasteiger partial charge in [-0.1, -0.05) is 19.3 Å². The van der Waals surface area contributed by atoms with Gasteiger partial charge in [0.25, 0.3) is 0 Å². The van der Waals surface area contributed by atoms with Gasteiger partial charge in [0.2, 0.25) is 0 Å². The topological polar surface area (TPSA) is 59.3 Å². The summed E-state index contributed by atoms with van der Waals surface area (Å²) in [4.78, 5) is 12.1. The molecule has 2 aromatic carbocycles. The zero-order valence-corrected chi connectivity index (χ0v) is 13.4. The van der Waals surface area contributed by atoms with Crippen LogP contribution in [0.25, 0.3) is 0 Å². The van der Waals surface area contributed by atoms with Gasteiger partial charge in [-0.15, -0.1) is 0 Å².